The van der Waals surface area contributed by atoms with Crippen LogP contribution in [0.5, 0.6) is 5.75 Å². The zero-order valence-electron chi connectivity index (χ0n) is 16.9. The number of benzene rings is 2. The highest BCUT2D eigenvalue weighted by Gasteiger charge is 2.10. The number of carbonyl (C=O) groups excluding carboxylic acids is 1. The van der Waals surface area contributed by atoms with Crippen molar-refractivity contribution in [2.24, 2.45) is 4.99 Å². The van der Waals surface area contributed by atoms with Crippen molar-refractivity contribution in [1.82, 2.24) is 4.57 Å². The standard InChI is InChI=1S/C22H27N3O2S.ClH/c1-3-4-5-8-15-23-22-25(19-9-6-7-10-20(19)28-22)16-21(26)24-17-11-13-18(27-2)14-12-17;/h6-7,9-14H,3-5,8,15-16H2,1-2H3,(H,24,26);1H/p-1. The molecule has 0 saturated heterocycles. The summed E-state index contributed by atoms with van der Waals surface area (Å²) in [4.78, 5) is 18.3. The molecule has 0 atom stereocenters. The van der Waals surface area contributed by atoms with Crippen LogP contribution in [0.25, 0.3) is 10.2 Å². The summed E-state index contributed by atoms with van der Waals surface area (Å²) in [5, 5.41) is 2.96. The third kappa shape index (κ3) is 6.34. The van der Waals surface area contributed by atoms with Crippen molar-refractivity contribution in [2.75, 3.05) is 19.0 Å². The summed E-state index contributed by atoms with van der Waals surface area (Å²) in [5.74, 6) is 0.696. The van der Waals surface area contributed by atoms with E-state index in [4.69, 9.17) is 9.73 Å². The molecule has 156 valence electrons. The second kappa shape index (κ2) is 11.6. The van der Waals surface area contributed by atoms with Gasteiger partial charge in [0.05, 0.1) is 17.3 Å². The predicted octanol–water partition coefficient (Wildman–Crippen LogP) is 1.84. The minimum atomic E-state index is -0.0684. The van der Waals surface area contributed by atoms with Gasteiger partial charge >= 0.3 is 0 Å². The maximum absolute atomic E-state index is 12.6. The number of nitrogens with zero attached hydrogens (tertiary/aromatic N) is 2. The summed E-state index contributed by atoms with van der Waals surface area (Å²) in [7, 11) is 1.62. The molecule has 1 N–H and O–H groups in total. The van der Waals surface area contributed by atoms with Crippen molar-refractivity contribution >= 4 is 33.1 Å². The molecule has 3 aromatic rings. The molecule has 1 heterocycles. The second-order valence-electron chi connectivity index (χ2n) is 6.66. The van der Waals surface area contributed by atoms with E-state index in [-0.39, 0.29) is 24.9 Å². The van der Waals surface area contributed by atoms with Crippen LogP contribution >= 0.6 is 11.3 Å². The summed E-state index contributed by atoms with van der Waals surface area (Å²) in [5.41, 5.74) is 1.80. The van der Waals surface area contributed by atoms with Crippen LogP contribution in [0.4, 0.5) is 5.69 Å². The fourth-order valence-electron chi connectivity index (χ4n) is 3.03. The minimum absolute atomic E-state index is 0. The summed E-state index contributed by atoms with van der Waals surface area (Å²) in [6, 6.07) is 15.5. The van der Waals surface area contributed by atoms with E-state index in [1.165, 1.54) is 19.3 Å². The van der Waals surface area contributed by atoms with Crippen LogP contribution in [0.2, 0.25) is 0 Å². The molecule has 0 aliphatic rings. The van der Waals surface area contributed by atoms with Gasteiger partial charge in [-0.1, -0.05) is 49.7 Å². The molecule has 7 heteroatoms. The van der Waals surface area contributed by atoms with Crippen LogP contribution in [0.15, 0.2) is 53.5 Å². The Labute approximate surface area is 181 Å². The van der Waals surface area contributed by atoms with E-state index in [2.05, 4.69) is 18.3 Å². The number of nitrogens with one attached hydrogen (secondary N) is 1. The zero-order valence-corrected chi connectivity index (χ0v) is 18.4. The maximum atomic E-state index is 12.6. The second-order valence-corrected chi connectivity index (χ2v) is 7.67. The third-order valence-electron chi connectivity index (χ3n) is 4.52. The van der Waals surface area contributed by atoms with Gasteiger partial charge in [0.25, 0.3) is 0 Å². The van der Waals surface area contributed by atoms with Gasteiger partial charge in [0.15, 0.2) is 4.80 Å². The lowest BCUT2D eigenvalue weighted by Gasteiger charge is -2.08. The first-order valence-corrected chi connectivity index (χ1v) is 10.6. The summed E-state index contributed by atoms with van der Waals surface area (Å²) < 4.78 is 8.32. The lowest BCUT2D eigenvalue weighted by atomic mass is 10.2. The molecule has 0 bridgehead atoms. The number of hydrogen-bond acceptors (Lipinski definition) is 4. The molecule has 1 aromatic heterocycles. The highest BCUT2D eigenvalue weighted by atomic mass is 35.5. The fourth-order valence-corrected chi connectivity index (χ4v) is 4.08. The van der Waals surface area contributed by atoms with E-state index in [0.29, 0.717) is 0 Å². The zero-order chi connectivity index (χ0) is 19.8. The normalized spacial score (nSPS) is 11.3. The molecule has 0 saturated carbocycles. The number of ether oxygens (including phenoxy) is 1. The van der Waals surface area contributed by atoms with Gasteiger partial charge in [-0.15, -0.1) is 0 Å². The van der Waals surface area contributed by atoms with Gasteiger partial charge in [-0.3, -0.25) is 9.79 Å². The molecule has 5 nitrogen and oxygen atoms in total. The number of amides is 1. The lowest BCUT2D eigenvalue weighted by Crippen LogP contribution is -3.00. The van der Waals surface area contributed by atoms with Crippen LogP contribution < -0.4 is 27.3 Å². The molecule has 0 fully saturated rings. The van der Waals surface area contributed by atoms with E-state index >= 15 is 0 Å². The van der Waals surface area contributed by atoms with Crippen LogP contribution in [-0.2, 0) is 11.3 Å². The Bertz CT molecular complexity index is 980. The number of unbranched alkanes of at least 4 members (excludes halogenated alkanes) is 3. The molecule has 0 radical (unpaired) electrons. The Hall–Kier alpha value is -2.31. The average molecular weight is 433 g/mol. The largest absolute Gasteiger partial charge is 1.00 e. The van der Waals surface area contributed by atoms with Crippen LogP contribution in [0, 0.1) is 0 Å². The first kappa shape index (κ1) is 23.0. The average Bonchev–Trinajstić information content (AvgIpc) is 3.06. The third-order valence-corrected chi connectivity index (χ3v) is 5.62. The van der Waals surface area contributed by atoms with Gasteiger partial charge in [0.1, 0.15) is 12.3 Å². The van der Waals surface area contributed by atoms with Crippen molar-refractivity contribution < 1.29 is 21.9 Å². The van der Waals surface area contributed by atoms with Crippen molar-refractivity contribution in [2.45, 2.75) is 39.2 Å². The van der Waals surface area contributed by atoms with E-state index in [1.807, 2.05) is 47.0 Å². The number of anilines is 1. The quantitative estimate of drug-likeness (QED) is 0.524. The number of carbonyl (C=O) groups is 1. The topological polar surface area (TPSA) is 55.6 Å². The predicted molar refractivity (Wildman–Crippen MR) is 116 cm³/mol. The molecule has 0 spiro atoms. The van der Waals surface area contributed by atoms with Crippen LogP contribution in [0.1, 0.15) is 32.6 Å². The number of halogens is 1. The highest BCUT2D eigenvalue weighted by Crippen LogP contribution is 2.18. The molecular weight excluding hydrogens is 406 g/mol. The van der Waals surface area contributed by atoms with Crippen LogP contribution in [0.3, 0.4) is 0 Å². The first-order valence-electron chi connectivity index (χ1n) is 9.74. The Morgan fingerprint density at radius 1 is 1.10 bits per heavy atom. The number of fused-ring (bicyclic) bond motifs is 1. The van der Waals surface area contributed by atoms with Crippen LogP contribution in [-0.4, -0.2) is 24.1 Å². The lowest BCUT2D eigenvalue weighted by molar-refractivity contribution is -0.116. The Balaban J connectivity index is 0.00000300. The number of thiazole rings is 1. The number of rotatable bonds is 9. The summed E-state index contributed by atoms with van der Waals surface area (Å²) in [6.45, 7) is 3.25. The molecule has 29 heavy (non-hydrogen) atoms. The van der Waals surface area contributed by atoms with Crippen molar-refractivity contribution in [3.63, 3.8) is 0 Å². The monoisotopic (exact) mass is 432 g/mol. The first-order chi connectivity index (χ1) is 13.7. The van der Waals surface area contributed by atoms with E-state index < -0.39 is 0 Å². The molecule has 3 rings (SSSR count). The van der Waals surface area contributed by atoms with E-state index in [1.54, 1.807) is 18.4 Å². The number of aromatic nitrogens is 1. The SMILES string of the molecule is CCCCCCN=c1sc2ccccc2n1CC(=O)Nc1ccc(OC)cc1.[Cl-]. The minimum Gasteiger partial charge on any atom is -1.00 e. The molecule has 2 aromatic carbocycles. The van der Waals surface area contributed by atoms with Gasteiger partial charge in [0, 0.05) is 12.2 Å². The molecular formula is C22H27ClN3O2S-. The molecule has 0 aliphatic carbocycles. The molecule has 0 unspecified atom stereocenters. The van der Waals surface area contributed by atoms with E-state index in [0.717, 1.165) is 39.4 Å². The Kier molecular flexibility index (Phi) is 9.22. The smallest absolute Gasteiger partial charge is 0.244 e. The number of methoxy groups -OCH3 is 1. The maximum Gasteiger partial charge on any atom is 0.244 e. The molecule has 1 amide bonds. The number of para-hydroxylation sites is 1. The van der Waals surface area contributed by atoms with Crippen molar-refractivity contribution in [1.29, 1.82) is 0 Å². The fraction of sp³-hybridized carbons (Fsp3) is 0.364. The highest BCUT2D eigenvalue weighted by molar-refractivity contribution is 7.16. The van der Waals surface area contributed by atoms with Gasteiger partial charge in [-0.05, 0) is 42.8 Å². The van der Waals surface area contributed by atoms with Gasteiger partial charge < -0.3 is 27.0 Å². The summed E-state index contributed by atoms with van der Waals surface area (Å²) in [6.07, 6.45) is 4.74. The van der Waals surface area contributed by atoms with E-state index in [9.17, 15) is 4.79 Å². The van der Waals surface area contributed by atoms with Gasteiger partial charge in [-0.2, -0.15) is 0 Å². The Morgan fingerprint density at radius 3 is 2.59 bits per heavy atom. The summed E-state index contributed by atoms with van der Waals surface area (Å²) >= 11 is 1.64. The molecule has 0 aliphatic heterocycles. The van der Waals surface area contributed by atoms with Gasteiger partial charge in [-0.25, -0.2) is 0 Å². The Morgan fingerprint density at radius 2 is 1.86 bits per heavy atom. The van der Waals surface area contributed by atoms with Crippen molar-refractivity contribution in [3.8, 4) is 5.75 Å². The van der Waals surface area contributed by atoms with Crippen molar-refractivity contribution in [3.05, 3.63) is 53.3 Å². The van der Waals surface area contributed by atoms with Gasteiger partial charge in [0.2, 0.25) is 5.91 Å². The number of hydrogen-bond donors (Lipinski definition) is 1.